The number of nitrogens with one attached hydrogen (secondary N) is 1. The van der Waals surface area contributed by atoms with Crippen molar-refractivity contribution in [2.45, 2.75) is 51.3 Å². The molecule has 1 unspecified atom stereocenters. The molecule has 41 heavy (non-hydrogen) atoms. The third kappa shape index (κ3) is 5.48. The third-order valence-corrected chi connectivity index (χ3v) is 7.12. The second-order valence-corrected chi connectivity index (χ2v) is 10.6. The quantitative estimate of drug-likeness (QED) is 0.475. The Kier molecular flexibility index (Phi) is 6.69. The van der Waals surface area contributed by atoms with E-state index in [1.165, 1.54) is 24.5 Å². The van der Waals surface area contributed by atoms with Crippen molar-refractivity contribution >= 4 is 23.2 Å². The van der Waals surface area contributed by atoms with Gasteiger partial charge in [-0.1, -0.05) is 12.1 Å². The van der Waals surface area contributed by atoms with Crippen LogP contribution in [-0.4, -0.2) is 70.2 Å². The first-order valence-electron chi connectivity index (χ1n) is 13.1. The number of fused-ring (bicyclic) bond motifs is 4. The summed E-state index contributed by atoms with van der Waals surface area (Å²) in [5.41, 5.74) is 1.01. The van der Waals surface area contributed by atoms with Crippen molar-refractivity contribution in [3.63, 3.8) is 0 Å². The lowest BCUT2D eigenvalue weighted by Gasteiger charge is -2.36. The molecule has 2 atom stereocenters. The van der Waals surface area contributed by atoms with Gasteiger partial charge in [0, 0.05) is 18.7 Å². The second kappa shape index (κ2) is 10.1. The number of hydrogen-bond donors (Lipinski definition) is 1. The number of carbonyl (C=O) groups is 1. The van der Waals surface area contributed by atoms with Crippen LogP contribution in [0.5, 0.6) is 6.01 Å². The number of halogens is 3. The summed E-state index contributed by atoms with van der Waals surface area (Å²) in [4.78, 5) is 34.7. The highest BCUT2D eigenvalue weighted by atomic mass is 19.4. The zero-order valence-corrected chi connectivity index (χ0v) is 22.6. The number of urea groups is 1. The largest absolute Gasteiger partial charge is 0.461 e. The van der Waals surface area contributed by atoms with Gasteiger partial charge in [0.25, 0.3) is 0 Å². The van der Waals surface area contributed by atoms with Crippen molar-refractivity contribution in [2.75, 3.05) is 41.4 Å². The van der Waals surface area contributed by atoms with Gasteiger partial charge in [0.05, 0.1) is 42.0 Å². The molecule has 2 saturated heterocycles. The Balaban J connectivity index is 1.22. The van der Waals surface area contributed by atoms with E-state index in [0.29, 0.717) is 49.0 Å². The molecule has 14 heteroatoms. The fraction of sp³-hybridized carbons (Fsp3) is 0.444. The van der Waals surface area contributed by atoms with Crippen molar-refractivity contribution in [1.29, 1.82) is 0 Å². The first-order valence-corrected chi connectivity index (χ1v) is 13.1. The van der Waals surface area contributed by atoms with Crippen LogP contribution in [0.2, 0.25) is 0 Å². The first kappa shape index (κ1) is 27.1. The van der Waals surface area contributed by atoms with Gasteiger partial charge in [0.15, 0.2) is 17.4 Å². The third-order valence-electron chi connectivity index (χ3n) is 7.12. The zero-order chi connectivity index (χ0) is 28.9. The molecule has 0 spiro atoms. The molecule has 216 valence electrons. The number of ether oxygens (including phenoxy) is 3. The summed E-state index contributed by atoms with van der Waals surface area (Å²) in [6.45, 7) is 7.33. The summed E-state index contributed by atoms with van der Waals surface area (Å²) in [6, 6.07) is 4.34. The molecule has 0 saturated carbocycles. The SMILES string of the molecule is Cc1nc(-c2cccc(C(F)(F)F)c2)nc2c1N1CC[C@@H](C1)N2C(=O)Nc1cnc(OCC2COC(C)(C)O2)nc1. The van der Waals surface area contributed by atoms with E-state index in [2.05, 4.69) is 30.2 Å². The molecule has 2 fully saturated rings. The van der Waals surface area contributed by atoms with E-state index in [-0.39, 0.29) is 36.2 Å². The highest BCUT2D eigenvalue weighted by molar-refractivity contribution is 6.04. The van der Waals surface area contributed by atoms with E-state index in [4.69, 9.17) is 14.2 Å². The van der Waals surface area contributed by atoms with Gasteiger partial charge in [0.1, 0.15) is 18.4 Å². The number of nitrogens with zero attached hydrogens (tertiary/aromatic N) is 6. The Labute approximate surface area is 233 Å². The summed E-state index contributed by atoms with van der Waals surface area (Å²) < 4.78 is 56.9. The van der Waals surface area contributed by atoms with E-state index in [1.54, 1.807) is 11.8 Å². The van der Waals surface area contributed by atoms with Crippen LogP contribution >= 0.6 is 0 Å². The lowest BCUT2D eigenvalue weighted by molar-refractivity contribution is -0.141. The molecule has 3 aromatic rings. The molecule has 3 aliphatic heterocycles. The van der Waals surface area contributed by atoms with Gasteiger partial charge in [0.2, 0.25) is 0 Å². The average Bonchev–Trinajstić information content (AvgIpc) is 3.50. The predicted molar refractivity (Wildman–Crippen MR) is 142 cm³/mol. The maximum absolute atomic E-state index is 13.6. The molecule has 11 nitrogen and oxygen atoms in total. The van der Waals surface area contributed by atoms with Crippen molar-refractivity contribution in [3.8, 4) is 17.4 Å². The molecule has 5 heterocycles. The highest BCUT2D eigenvalue weighted by Gasteiger charge is 2.42. The summed E-state index contributed by atoms with van der Waals surface area (Å²) in [5, 5.41) is 2.81. The van der Waals surface area contributed by atoms with Crippen LogP contribution < -0.4 is 19.9 Å². The van der Waals surface area contributed by atoms with Crippen LogP contribution in [0.3, 0.4) is 0 Å². The van der Waals surface area contributed by atoms with Gasteiger partial charge in [-0.15, -0.1) is 0 Å². The van der Waals surface area contributed by atoms with Gasteiger partial charge in [-0.2, -0.15) is 13.2 Å². The van der Waals surface area contributed by atoms with E-state index >= 15 is 0 Å². The fourth-order valence-electron chi connectivity index (χ4n) is 5.30. The summed E-state index contributed by atoms with van der Waals surface area (Å²) >= 11 is 0. The van der Waals surface area contributed by atoms with Crippen molar-refractivity contribution in [3.05, 3.63) is 47.9 Å². The smallest absolute Gasteiger partial charge is 0.416 e. The molecule has 0 radical (unpaired) electrons. The van der Waals surface area contributed by atoms with Crippen LogP contribution in [0.25, 0.3) is 11.4 Å². The summed E-state index contributed by atoms with van der Waals surface area (Å²) in [6.07, 6.45) is -1.18. The molecule has 2 aromatic heterocycles. The highest BCUT2D eigenvalue weighted by Crippen LogP contribution is 2.42. The predicted octanol–water partition coefficient (Wildman–Crippen LogP) is 4.42. The molecule has 1 aromatic carbocycles. The maximum Gasteiger partial charge on any atom is 0.416 e. The number of hydrogen-bond acceptors (Lipinski definition) is 9. The van der Waals surface area contributed by atoms with E-state index in [9.17, 15) is 18.0 Å². The first-order chi connectivity index (χ1) is 19.5. The molecule has 6 rings (SSSR count). The molecule has 2 amide bonds. The number of carbonyl (C=O) groups excluding carboxylic acids is 1. The Bertz CT molecular complexity index is 1470. The maximum atomic E-state index is 13.6. The van der Waals surface area contributed by atoms with Crippen molar-refractivity contribution < 1.29 is 32.2 Å². The minimum Gasteiger partial charge on any atom is -0.461 e. The molecule has 1 N–H and O–H groups in total. The van der Waals surface area contributed by atoms with Crippen LogP contribution in [-0.2, 0) is 15.7 Å². The van der Waals surface area contributed by atoms with Gasteiger partial charge in [-0.05, 0) is 39.3 Å². The Morgan fingerprint density at radius 2 is 2.00 bits per heavy atom. The summed E-state index contributed by atoms with van der Waals surface area (Å²) in [7, 11) is 0. The molecular formula is C27H28F3N7O4. The Hall–Kier alpha value is -4.04. The number of aromatic nitrogens is 4. The second-order valence-electron chi connectivity index (χ2n) is 10.6. The minimum absolute atomic E-state index is 0.109. The zero-order valence-electron chi connectivity index (χ0n) is 22.6. The van der Waals surface area contributed by atoms with Gasteiger partial charge in [-0.3, -0.25) is 4.90 Å². The lowest BCUT2D eigenvalue weighted by atomic mass is 10.1. The van der Waals surface area contributed by atoms with Crippen LogP contribution in [0.15, 0.2) is 36.7 Å². The standard InChI is InChI=1S/C27H28F3N7O4/c1-15-21-23(35-22(33-15)16-5-4-6-17(9-16)27(28,29)30)37(19-7-8-36(21)12-19)25(38)34-18-10-31-24(32-11-18)39-13-20-14-40-26(2,3)41-20/h4-6,9-11,19-20H,7-8,12-14H2,1-3H3,(H,34,38)/t19-,20?/m0/s1. The lowest BCUT2D eigenvalue weighted by Crippen LogP contribution is -2.48. The number of benzene rings is 1. The van der Waals surface area contributed by atoms with Crippen molar-refractivity contribution in [1.82, 2.24) is 19.9 Å². The van der Waals surface area contributed by atoms with Crippen molar-refractivity contribution in [2.24, 2.45) is 0 Å². The summed E-state index contributed by atoms with van der Waals surface area (Å²) in [5.74, 6) is -0.208. The van der Waals surface area contributed by atoms with Gasteiger partial charge in [-0.25, -0.2) is 24.7 Å². The molecule has 2 bridgehead atoms. The number of anilines is 3. The number of amides is 2. The number of aryl methyl sites for hydroxylation is 1. The van der Waals surface area contributed by atoms with E-state index in [0.717, 1.165) is 12.1 Å². The monoisotopic (exact) mass is 571 g/mol. The minimum atomic E-state index is -4.51. The van der Waals surface area contributed by atoms with Crippen LogP contribution in [0, 0.1) is 6.92 Å². The Morgan fingerprint density at radius 1 is 1.22 bits per heavy atom. The van der Waals surface area contributed by atoms with Gasteiger partial charge >= 0.3 is 18.2 Å². The number of alkyl halides is 3. The van der Waals surface area contributed by atoms with Gasteiger partial charge < -0.3 is 24.4 Å². The topological polar surface area (TPSA) is 115 Å². The van der Waals surface area contributed by atoms with E-state index in [1.807, 2.05) is 13.8 Å². The normalized spacial score (nSPS) is 21.1. The fourth-order valence-corrected chi connectivity index (χ4v) is 5.30. The molecule has 0 aliphatic carbocycles. The van der Waals surface area contributed by atoms with Crippen LogP contribution in [0.4, 0.5) is 35.2 Å². The Morgan fingerprint density at radius 3 is 2.71 bits per heavy atom. The van der Waals surface area contributed by atoms with Crippen LogP contribution in [0.1, 0.15) is 31.5 Å². The van der Waals surface area contributed by atoms with E-state index < -0.39 is 23.6 Å². The average molecular weight is 572 g/mol. The number of rotatable bonds is 5. The molecule has 3 aliphatic rings. The molecular weight excluding hydrogens is 543 g/mol.